The van der Waals surface area contributed by atoms with Crippen molar-refractivity contribution in [3.8, 4) is 5.75 Å². The second-order valence-corrected chi connectivity index (χ2v) is 5.04. The summed E-state index contributed by atoms with van der Waals surface area (Å²) in [5.74, 6) is 0.0196. The molecule has 1 heterocycles. The summed E-state index contributed by atoms with van der Waals surface area (Å²) < 4.78 is 29.8. The molecule has 0 fully saturated rings. The van der Waals surface area contributed by atoms with Crippen LogP contribution in [0.2, 0.25) is 0 Å². The van der Waals surface area contributed by atoms with Crippen LogP contribution in [0.25, 0.3) is 10.8 Å². The lowest BCUT2D eigenvalue weighted by Crippen LogP contribution is -2.15. The normalized spacial score (nSPS) is 11.4. The highest BCUT2D eigenvalue weighted by atomic mass is 19.3. The standard InChI is InChI=1S/C16H13F2N5O2/c1-9-14(24)20-16(23-21-9)22-19-8-12-11-5-3-2-4-10(11)6-7-13(12)25-15(17)18/h2-8,15H,1H3,(H2,20,22,23,24)/b19-8-. The van der Waals surface area contributed by atoms with Crippen LogP contribution in [0.3, 0.4) is 0 Å². The lowest BCUT2D eigenvalue weighted by Gasteiger charge is -2.10. The summed E-state index contributed by atoms with van der Waals surface area (Å²) >= 11 is 0. The topological polar surface area (TPSA) is 92.3 Å². The van der Waals surface area contributed by atoms with E-state index >= 15 is 0 Å². The molecule has 9 heteroatoms. The Labute approximate surface area is 140 Å². The highest BCUT2D eigenvalue weighted by molar-refractivity contribution is 6.02. The van der Waals surface area contributed by atoms with Gasteiger partial charge in [0.2, 0.25) is 5.95 Å². The summed E-state index contributed by atoms with van der Waals surface area (Å²) in [5.41, 5.74) is 2.69. The van der Waals surface area contributed by atoms with Crippen LogP contribution in [0.5, 0.6) is 5.75 Å². The number of benzene rings is 2. The van der Waals surface area contributed by atoms with Crippen molar-refractivity contribution in [1.82, 2.24) is 15.2 Å². The molecule has 3 rings (SSSR count). The Morgan fingerprint density at radius 2 is 2.04 bits per heavy atom. The number of aromatic nitrogens is 3. The first-order valence-electron chi connectivity index (χ1n) is 7.24. The molecule has 0 unspecified atom stereocenters. The number of hydrogen-bond acceptors (Lipinski definition) is 6. The van der Waals surface area contributed by atoms with Gasteiger partial charge in [-0.25, -0.2) is 5.43 Å². The van der Waals surface area contributed by atoms with Gasteiger partial charge in [-0.3, -0.25) is 9.78 Å². The number of aryl methyl sites for hydroxylation is 1. The van der Waals surface area contributed by atoms with Crippen molar-refractivity contribution in [3.63, 3.8) is 0 Å². The molecule has 1 aromatic heterocycles. The SMILES string of the molecule is Cc1nnc(N/N=C\c2c(OC(F)F)ccc3ccccc23)[nH]c1=O. The number of hydrogen-bond donors (Lipinski definition) is 2. The average molecular weight is 345 g/mol. The van der Waals surface area contributed by atoms with Gasteiger partial charge in [-0.1, -0.05) is 30.3 Å². The lowest BCUT2D eigenvalue weighted by atomic mass is 10.0. The number of ether oxygens (including phenoxy) is 1. The van der Waals surface area contributed by atoms with E-state index in [1.54, 1.807) is 18.2 Å². The molecule has 2 N–H and O–H groups in total. The van der Waals surface area contributed by atoms with E-state index in [-0.39, 0.29) is 17.4 Å². The maximum absolute atomic E-state index is 12.6. The highest BCUT2D eigenvalue weighted by Crippen LogP contribution is 2.27. The number of nitrogens with one attached hydrogen (secondary N) is 2. The lowest BCUT2D eigenvalue weighted by molar-refractivity contribution is -0.0498. The van der Waals surface area contributed by atoms with Gasteiger partial charge in [-0.2, -0.15) is 13.9 Å². The molecule has 0 saturated carbocycles. The fraction of sp³-hybridized carbons (Fsp3) is 0.125. The molecule has 128 valence electrons. The fourth-order valence-electron chi connectivity index (χ4n) is 2.21. The third-order valence-corrected chi connectivity index (χ3v) is 3.37. The van der Waals surface area contributed by atoms with Gasteiger partial charge in [0.15, 0.2) is 0 Å². The number of rotatable bonds is 5. The Morgan fingerprint density at radius 3 is 2.80 bits per heavy atom. The van der Waals surface area contributed by atoms with Gasteiger partial charge in [0.1, 0.15) is 11.4 Å². The minimum absolute atomic E-state index is 0.0114. The minimum atomic E-state index is -2.96. The number of fused-ring (bicyclic) bond motifs is 1. The smallest absolute Gasteiger partial charge is 0.387 e. The second-order valence-electron chi connectivity index (χ2n) is 5.04. The summed E-state index contributed by atoms with van der Waals surface area (Å²) in [5, 5.41) is 12.8. The Morgan fingerprint density at radius 1 is 1.24 bits per heavy atom. The van der Waals surface area contributed by atoms with Crippen LogP contribution in [0.1, 0.15) is 11.3 Å². The summed E-state index contributed by atoms with van der Waals surface area (Å²) in [6.45, 7) is -1.44. The van der Waals surface area contributed by atoms with Crippen molar-refractivity contribution >= 4 is 22.9 Å². The molecule has 0 aliphatic heterocycles. The molecule has 0 spiro atoms. The molecule has 2 aromatic carbocycles. The number of anilines is 1. The molecule has 25 heavy (non-hydrogen) atoms. The van der Waals surface area contributed by atoms with Gasteiger partial charge in [-0.05, 0) is 23.8 Å². The third kappa shape index (κ3) is 3.77. The van der Waals surface area contributed by atoms with Crippen LogP contribution < -0.4 is 15.7 Å². The van der Waals surface area contributed by atoms with E-state index in [0.717, 1.165) is 5.39 Å². The third-order valence-electron chi connectivity index (χ3n) is 3.37. The van der Waals surface area contributed by atoms with E-state index in [1.165, 1.54) is 19.2 Å². The number of nitrogens with zero attached hydrogens (tertiary/aromatic N) is 3. The van der Waals surface area contributed by atoms with Crippen LogP contribution >= 0.6 is 0 Å². The molecule has 0 bridgehead atoms. The first-order chi connectivity index (χ1) is 12.0. The number of aromatic amines is 1. The van der Waals surface area contributed by atoms with E-state index in [2.05, 4.69) is 30.4 Å². The quantitative estimate of drug-likeness (QED) is 0.548. The predicted octanol–water partition coefficient (Wildman–Crippen LogP) is 2.67. The minimum Gasteiger partial charge on any atom is -0.434 e. The van der Waals surface area contributed by atoms with Crippen molar-refractivity contribution in [1.29, 1.82) is 0 Å². The molecule has 7 nitrogen and oxygen atoms in total. The number of halogens is 2. The zero-order valence-corrected chi connectivity index (χ0v) is 13.0. The summed E-state index contributed by atoms with van der Waals surface area (Å²) in [4.78, 5) is 13.9. The zero-order valence-electron chi connectivity index (χ0n) is 13.0. The maximum Gasteiger partial charge on any atom is 0.387 e. The van der Waals surface area contributed by atoms with Crippen LogP contribution in [-0.2, 0) is 0 Å². The Kier molecular flexibility index (Phi) is 4.64. The van der Waals surface area contributed by atoms with Crippen LogP contribution in [0, 0.1) is 6.92 Å². The predicted molar refractivity (Wildman–Crippen MR) is 89.2 cm³/mol. The molecule has 0 aliphatic carbocycles. The molecular formula is C16H13F2N5O2. The number of alkyl halides is 2. The summed E-state index contributed by atoms with van der Waals surface area (Å²) in [6.07, 6.45) is 1.32. The molecule has 0 amide bonds. The average Bonchev–Trinajstić information content (AvgIpc) is 2.59. The van der Waals surface area contributed by atoms with Gasteiger partial charge < -0.3 is 4.74 Å². The highest BCUT2D eigenvalue weighted by Gasteiger charge is 2.11. The Hall–Kier alpha value is -3.36. The van der Waals surface area contributed by atoms with Crippen molar-refractivity contribution < 1.29 is 13.5 Å². The fourth-order valence-corrected chi connectivity index (χ4v) is 2.21. The summed E-state index contributed by atoms with van der Waals surface area (Å²) in [6, 6.07) is 10.4. The number of hydrazone groups is 1. The largest absolute Gasteiger partial charge is 0.434 e. The molecule has 0 aliphatic rings. The van der Waals surface area contributed by atoms with E-state index in [1.807, 2.05) is 12.1 Å². The van der Waals surface area contributed by atoms with Crippen LogP contribution in [0.15, 0.2) is 46.3 Å². The molecule has 0 radical (unpaired) electrons. The van der Waals surface area contributed by atoms with Gasteiger partial charge in [0.05, 0.1) is 6.21 Å². The van der Waals surface area contributed by atoms with E-state index < -0.39 is 12.2 Å². The van der Waals surface area contributed by atoms with Crippen molar-refractivity contribution in [2.45, 2.75) is 13.5 Å². The van der Waals surface area contributed by atoms with Crippen molar-refractivity contribution in [2.75, 3.05) is 5.43 Å². The van der Waals surface area contributed by atoms with Crippen molar-refractivity contribution in [2.24, 2.45) is 5.10 Å². The number of H-pyrrole nitrogens is 1. The molecule has 0 atom stereocenters. The van der Waals surface area contributed by atoms with Crippen LogP contribution in [-0.4, -0.2) is 28.0 Å². The molecular weight excluding hydrogens is 332 g/mol. The van der Waals surface area contributed by atoms with Gasteiger partial charge >= 0.3 is 6.61 Å². The summed E-state index contributed by atoms with van der Waals surface area (Å²) in [7, 11) is 0. The second kappa shape index (κ2) is 7.04. The van der Waals surface area contributed by atoms with Gasteiger partial charge in [0, 0.05) is 5.56 Å². The van der Waals surface area contributed by atoms with Gasteiger partial charge in [0.25, 0.3) is 5.56 Å². The Bertz CT molecular complexity index is 988. The van der Waals surface area contributed by atoms with Crippen LogP contribution in [0.4, 0.5) is 14.7 Å². The molecule has 0 saturated heterocycles. The first-order valence-corrected chi connectivity index (χ1v) is 7.24. The molecule has 3 aromatic rings. The van der Waals surface area contributed by atoms with E-state index in [4.69, 9.17) is 0 Å². The van der Waals surface area contributed by atoms with E-state index in [9.17, 15) is 13.6 Å². The Balaban J connectivity index is 1.95. The van der Waals surface area contributed by atoms with Crippen molar-refractivity contribution in [3.05, 3.63) is 58.0 Å². The van der Waals surface area contributed by atoms with Gasteiger partial charge in [-0.15, -0.1) is 10.2 Å². The monoisotopic (exact) mass is 345 g/mol. The van der Waals surface area contributed by atoms with E-state index in [0.29, 0.717) is 10.9 Å². The first kappa shape index (κ1) is 16.5. The maximum atomic E-state index is 12.6. The zero-order chi connectivity index (χ0) is 17.8.